The van der Waals surface area contributed by atoms with Crippen LogP contribution in [0.4, 0.5) is 17.1 Å². The third-order valence-corrected chi connectivity index (χ3v) is 4.16. The number of ether oxygens (including phenoxy) is 1. The first-order valence-electron chi connectivity index (χ1n) is 7.97. The second-order valence-corrected chi connectivity index (χ2v) is 6.06. The molecule has 0 bridgehead atoms. The molecule has 2 aromatic carbocycles. The Morgan fingerprint density at radius 3 is 2.58 bits per heavy atom. The SMILES string of the molecule is COc1ccc(Cl)cc1NC(=O)c1cncc(N(C)c2ccccc2)c1. The molecule has 5 nitrogen and oxygen atoms in total. The fourth-order valence-corrected chi connectivity index (χ4v) is 2.68. The van der Waals surface area contributed by atoms with Gasteiger partial charge in [-0.2, -0.15) is 0 Å². The number of amides is 1. The Hall–Kier alpha value is -3.05. The van der Waals surface area contributed by atoms with Gasteiger partial charge in [-0.3, -0.25) is 9.78 Å². The number of anilines is 3. The second-order valence-electron chi connectivity index (χ2n) is 5.63. The number of para-hydroxylation sites is 1. The third kappa shape index (κ3) is 3.95. The van der Waals surface area contributed by atoms with Gasteiger partial charge in [0.15, 0.2) is 0 Å². The molecule has 1 N–H and O–H groups in total. The van der Waals surface area contributed by atoms with Gasteiger partial charge in [-0.15, -0.1) is 0 Å². The molecule has 0 unspecified atom stereocenters. The van der Waals surface area contributed by atoms with Gasteiger partial charge in [0.2, 0.25) is 0 Å². The largest absolute Gasteiger partial charge is 0.495 e. The van der Waals surface area contributed by atoms with Crippen LogP contribution in [0.5, 0.6) is 5.75 Å². The van der Waals surface area contributed by atoms with E-state index in [1.54, 1.807) is 30.5 Å². The Labute approximate surface area is 157 Å². The Bertz CT molecular complexity index is 916. The fraction of sp³-hybridized carbons (Fsp3) is 0.100. The Morgan fingerprint density at radius 2 is 1.85 bits per heavy atom. The van der Waals surface area contributed by atoms with Crippen LogP contribution in [0.2, 0.25) is 5.02 Å². The molecule has 0 radical (unpaired) electrons. The van der Waals surface area contributed by atoms with Crippen molar-refractivity contribution >= 4 is 34.6 Å². The summed E-state index contributed by atoms with van der Waals surface area (Å²) in [6.07, 6.45) is 3.23. The third-order valence-electron chi connectivity index (χ3n) is 3.93. The first kappa shape index (κ1) is 17.8. The van der Waals surface area contributed by atoms with E-state index in [1.807, 2.05) is 42.3 Å². The average molecular weight is 368 g/mol. The van der Waals surface area contributed by atoms with E-state index in [4.69, 9.17) is 16.3 Å². The molecular formula is C20H18ClN3O2. The number of halogens is 1. The Balaban J connectivity index is 1.84. The molecule has 0 aliphatic rings. The smallest absolute Gasteiger partial charge is 0.257 e. The number of rotatable bonds is 5. The minimum Gasteiger partial charge on any atom is -0.495 e. The highest BCUT2D eigenvalue weighted by Gasteiger charge is 2.13. The molecule has 132 valence electrons. The summed E-state index contributed by atoms with van der Waals surface area (Å²) in [5.41, 5.74) is 2.75. The maximum Gasteiger partial charge on any atom is 0.257 e. The highest BCUT2D eigenvalue weighted by Crippen LogP contribution is 2.28. The number of nitrogens with zero attached hydrogens (tertiary/aromatic N) is 2. The molecule has 0 saturated heterocycles. The van der Waals surface area contributed by atoms with E-state index in [0.29, 0.717) is 22.0 Å². The van der Waals surface area contributed by atoms with Crippen molar-refractivity contribution in [1.29, 1.82) is 0 Å². The quantitative estimate of drug-likeness (QED) is 0.706. The molecule has 1 heterocycles. The first-order valence-corrected chi connectivity index (χ1v) is 8.35. The average Bonchev–Trinajstić information content (AvgIpc) is 2.68. The first-order chi connectivity index (χ1) is 12.6. The molecule has 3 rings (SSSR count). The lowest BCUT2D eigenvalue weighted by atomic mass is 10.2. The molecule has 26 heavy (non-hydrogen) atoms. The number of carbonyl (C=O) groups is 1. The predicted molar refractivity (Wildman–Crippen MR) is 105 cm³/mol. The van der Waals surface area contributed by atoms with Crippen molar-refractivity contribution in [2.45, 2.75) is 0 Å². The fourth-order valence-electron chi connectivity index (χ4n) is 2.51. The normalized spacial score (nSPS) is 10.3. The van der Waals surface area contributed by atoms with Gasteiger partial charge in [0.05, 0.1) is 30.2 Å². The van der Waals surface area contributed by atoms with Crippen molar-refractivity contribution in [3.8, 4) is 5.75 Å². The van der Waals surface area contributed by atoms with Gasteiger partial charge in [-0.1, -0.05) is 29.8 Å². The molecule has 0 atom stereocenters. The number of hydrogen-bond donors (Lipinski definition) is 1. The van der Waals surface area contributed by atoms with Crippen LogP contribution < -0.4 is 15.0 Å². The van der Waals surface area contributed by atoms with Crippen molar-refractivity contribution in [1.82, 2.24) is 4.98 Å². The van der Waals surface area contributed by atoms with Gasteiger partial charge in [0.25, 0.3) is 5.91 Å². The summed E-state index contributed by atoms with van der Waals surface area (Å²) in [7, 11) is 3.46. The van der Waals surface area contributed by atoms with Crippen LogP contribution in [-0.2, 0) is 0 Å². The van der Waals surface area contributed by atoms with Gasteiger partial charge < -0.3 is 15.0 Å². The highest BCUT2D eigenvalue weighted by atomic mass is 35.5. The summed E-state index contributed by atoms with van der Waals surface area (Å²) >= 11 is 6.01. The molecule has 3 aromatic rings. The summed E-state index contributed by atoms with van der Waals surface area (Å²) in [6.45, 7) is 0. The zero-order valence-corrected chi connectivity index (χ0v) is 15.2. The lowest BCUT2D eigenvalue weighted by molar-refractivity contribution is 0.102. The molecule has 1 aromatic heterocycles. The summed E-state index contributed by atoms with van der Waals surface area (Å²) in [4.78, 5) is 18.8. The van der Waals surface area contributed by atoms with Crippen LogP contribution in [-0.4, -0.2) is 25.0 Å². The Kier molecular flexibility index (Phi) is 5.39. The molecule has 0 aliphatic carbocycles. The van der Waals surface area contributed by atoms with Crippen LogP contribution >= 0.6 is 11.6 Å². The summed E-state index contributed by atoms with van der Waals surface area (Å²) in [5.74, 6) is 0.245. The lowest BCUT2D eigenvalue weighted by Gasteiger charge is -2.19. The van der Waals surface area contributed by atoms with Crippen LogP contribution in [0, 0.1) is 0 Å². The van der Waals surface area contributed by atoms with E-state index in [1.165, 1.54) is 13.3 Å². The number of nitrogens with one attached hydrogen (secondary N) is 1. The summed E-state index contributed by atoms with van der Waals surface area (Å²) < 4.78 is 5.26. The summed E-state index contributed by atoms with van der Waals surface area (Å²) in [6, 6.07) is 16.7. The zero-order valence-electron chi connectivity index (χ0n) is 14.4. The number of pyridine rings is 1. The van der Waals surface area contributed by atoms with Crippen molar-refractivity contribution in [2.75, 3.05) is 24.4 Å². The van der Waals surface area contributed by atoms with Crippen molar-refractivity contribution in [3.63, 3.8) is 0 Å². The molecule has 6 heteroatoms. The van der Waals surface area contributed by atoms with Gasteiger partial charge in [0, 0.05) is 24.0 Å². The number of aromatic nitrogens is 1. The van der Waals surface area contributed by atoms with E-state index in [0.717, 1.165) is 11.4 Å². The number of carbonyl (C=O) groups excluding carboxylic acids is 1. The minimum atomic E-state index is -0.290. The summed E-state index contributed by atoms with van der Waals surface area (Å²) in [5, 5.41) is 3.33. The Morgan fingerprint density at radius 1 is 1.08 bits per heavy atom. The van der Waals surface area contributed by atoms with Crippen molar-refractivity contribution in [3.05, 3.63) is 77.6 Å². The van der Waals surface area contributed by atoms with E-state index < -0.39 is 0 Å². The number of methoxy groups -OCH3 is 1. The van der Waals surface area contributed by atoms with Crippen LogP contribution in [0.1, 0.15) is 10.4 Å². The molecule has 0 fully saturated rings. The molecular weight excluding hydrogens is 350 g/mol. The monoisotopic (exact) mass is 367 g/mol. The van der Waals surface area contributed by atoms with E-state index in [2.05, 4.69) is 10.3 Å². The van der Waals surface area contributed by atoms with Gasteiger partial charge in [-0.25, -0.2) is 0 Å². The predicted octanol–water partition coefficient (Wildman–Crippen LogP) is 4.76. The molecule has 0 spiro atoms. The van der Waals surface area contributed by atoms with Crippen LogP contribution in [0.25, 0.3) is 0 Å². The maximum absolute atomic E-state index is 12.6. The van der Waals surface area contributed by atoms with E-state index in [9.17, 15) is 4.79 Å². The standard InChI is InChI=1S/C20H18ClN3O2/c1-24(16-6-4-3-5-7-16)17-10-14(12-22-13-17)20(25)23-18-11-15(21)8-9-19(18)26-2/h3-13H,1-2H3,(H,23,25). The van der Waals surface area contributed by atoms with Crippen molar-refractivity contribution in [2.24, 2.45) is 0 Å². The highest BCUT2D eigenvalue weighted by molar-refractivity contribution is 6.31. The topological polar surface area (TPSA) is 54.5 Å². The van der Waals surface area contributed by atoms with Gasteiger partial charge >= 0.3 is 0 Å². The molecule has 0 aliphatic heterocycles. The number of benzene rings is 2. The zero-order chi connectivity index (χ0) is 18.5. The van der Waals surface area contributed by atoms with Gasteiger partial charge in [0.1, 0.15) is 5.75 Å². The van der Waals surface area contributed by atoms with Gasteiger partial charge in [-0.05, 0) is 36.4 Å². The van der Waals surface area contributed by atoms with Crippen LogP contribution in [0.15, 0.2) is 67.0 Å². The van der Waals surface area contributed by atoms with E-state index in [-0.39, 0.29) is 5.91 Å². The second kappa shape index (κ2) is 7.89. The van der Waals surface area contributed by atoms with Crippen molar-refractivity contribution < 1.29 is 9.53 Å². The van der Waals surface area contributed by atoms with E-state index >= 15 is 0 Å². The molecule has 1 amide bonds. The maximum atomic E-state index is 12.6. The lowest BCUT2D eigenvalue weighted by Crippen LogP contribution is -2.15. The number of hydrogen-bond acceptors (Lipinski definition) is 4. The minimum absolute atomic E-state index is 0.290. The molecule has 0 saturated carbocycles. The van der Waals surface area contributed by atoms with Crippen LogP contribution in [0.3, 0.4) is 0 Å².